The number of rotatable bonds is 7. The number of benzene rings is 1. The highest BCUT2D eigenvalue weighted by Crippen LogP contribution is 2.22. The van der Waals surface area contributed by atoms with Crippen LogP contribution in [0.4, 0.5) is 0 Å². The Morgan fingerprint density at radius 3 is 2.32 bits per heavy atom. The van der Waals surface area contributed by atoms with Gasteiger partial charge in [-0.3, -0.25) is 14.4 Å². The van der Waals surface area contributed by atoms with E-state index < -0.39 is 5.97 Å². The number of amides is 2. The lowest BCUT2D eigenvalue weighted by molar-refractivity contribution is -0.148. The Bertz CT molecular complexity index is 628. The van der Waals surface area contributed by atoms with Gasteiger partial charge in [-0.05, 0) is 36.0 Å². The molecule has 1 saturated carbocycles. The zero-order chi connectivity index (χ0) is 18.4. The summed E-state index contributed by atoms with van der Waals surface area (Å²) in [7, 11) is 0. The molecule has 0 aromatic heterocycles. The highest BCUT2D eigenvalue weighted by molar-refractivity contribution is 5.94. The van der Waals surface area contributed by atoms with Crippen LogP contribution in [0.5, 0.6) is 0 Å². The van der Waals surface area contributed by atoms with Gasteiger partial charge in [0.05, 0.1) is 6.42 Å². The predicted molar refractivity (Wildman–Crippen MR) is 94.2 cm³/mol. The van der Waals surface area contributed by atoms with Crippen molar-refractivity contribution in [2.24, 2.45) is 0 Å². The minimum Gasteiger partial charge on any atom is -0.456 e. The molecule has 6 heteroatoms. The molecule has 2 rings (SSSR count). The fourth-order valence-electron chi connectivity index (χ4n) is 2.22. The third-order valence-corrected chi connectivity index (χ3v) is 3.93. The molecular weight excluding hydrogens is 320 g/mol. The van der Waals surface area contributed by atoms with Crippen molar-refractivity contribution in [3.8, 4) is 0 Å². The topological polar surface area (TPSA) is 84.5 Å². The summed E-state index contributed by atoms with van der Waals surface area (Å²) in [6.07, 6.45) is 2.01. The second-order valence-corrected chi connectivity index (χ2v) is 7.34. The molecule has 1 fully saturated rings. The van der Waals surface area contributed by atoms with E-state index in [0.717, 1.165) is 18.4 Å². The van der Waals surface area contributed by atoms with Gasteiger partial charge >= 0.3 is 5.97 Å². The summed E-state index contributed by atoms with van der Waals surface area (Å²) in [6, 6.07) is 7.66. The Kier molecular flexibility index (Phi) is 6.17. The van der Waals surface area contributed by atoms with Gasteiger partial charge in [-0.25, -0.2) is 0 Å². The van der Waals surface area contributed by atoms with Crippen LogP contribution in [0.25, 0.3) is 0 Å². The Balaban J connectivity index is 1.67. The highest BCUT2D eigenvalue weighted by Gasteiger charge is 2.23. The Labute approximate surface area is 148 Å². The van der Waals surface area contributed by atoms with E-state index in [2.05, 4.69) is 31.4 Å². The monoisotopic (exact) mass is 346 g/mol. The van der Waals surface area contributed by atoms with Crippen molar-refractivity contribution in [1.29, 1.82) is 0 Å². The lowest BCUT2D eigenvalue weighted by Gasteiger charge is -2.19. The molecule has 0 aliphatic heterocycles. The van der Waals surface area contributed by atoms with E-state index in [0.29, 0.717) is 5.56 Å². The van der Waals surface area contributed by atoms with Crippen molar-refractivity contribution < 1.29 is 19.1 Å². The first-order chi connectivity index (χ1) is 11.8. The summed E-state index contributed by atoms with van der Waals surface area (Å²) in [5, 5.41) is 5.41. The van der Waals surface area contributed by atoms with Crippen LogP contribution in [0.1, 0.15) is 56.0 Å². The summed E-state index contributed by atoms with van der Waals surface area (Å²) < 4.78 is 4.87. The van der Waals surface area contributed by atoms with Gasteiger partial charge in [0, 0.05) is 18.2 Å². The second-order valence-electron chi connectivity index (χ2n) is 7.34. The van der Waals surface area contributed by atoms with E-state index >= 15 is 0 Å². The number of esters is 1. The number of hydrogen-bond donors (Lipinski definition) is 2. The maximum Gasteiger partial charge on any atom is 0.308 e. The SMILES string of the molecule is CC(C)(C)c1ccc(C(=O)NCCC(=O)OCC(=O)NC2CC2)cc1. The van der Waals surface area contributed by atoms with Crippen LogP contribution in [0.15, 0.2) is 24.3 Å². The van der Waals surface area contributed by atoms with E-state index in [-0.39, 0.29) is 42.8 Å². The van der Waals surface area contributed by atoms with E-state index in [9.17, 15) is 14.4 Å². The average Bonchev–Trinajstić information content (AvgIpc) is 3.36. The predicted octanol–water partition coefficient (Wildman–Crippen LogP) is 1.93. The van der Waals surface area contributed by atoms with Gasteiger partial charge in [-0.2, -0.15) is 0 Å². The molecule has 6 nitrogen and oxygen atoms in total. The molecule has 1 aliphatic carbocycles. The van der Waals surface area contributed by atoms with E-state index in [1.165, 1.54) is 0 Å². The molecule has 1 aromatic carbocycles. The molecule has 25 heavy (non-hydrogen) atoms. The first-order valence-corrected chi connectivity index (χ1v) is 8.59. The molecule has 0 saturated heterocycles. The summed E-state index contributed by atoms with van der Waals surface area (Å²) in [6.45, 7) is 6.23. The van der Waals surface area contributed by atoms with Crippen molar-refractivity contribution in [3.05, 3.63) is 35.4 Å². The van der Waals surface area contributed by atoms with Crippen LogP contribution in [0.2, 0.25) is 0 Å². The van der Waals surface area contributed by atoms with Crippen LogP contribution < -0.4 is 10.6 Å². The third-order valence-electron chi connectivity index (χ3n) is 3.93. The summed E-state index contributed by atoms with van der Waals surface area (Å²) in [5.74, 6) is -1.02. The maximum absolute atomic E-state index is 12.1. The number of carbonyl (C=O) groups excluding carboxylic acids is 3. The number of nitrogens with one attached hydrogen (secondary N) is 2. The van der Waals surface area contributed by atoms with Crippen LogP contribution in [-0.2, 0) is 19.7 Å². The Hall–Kier alpha value is -2.37. The third kappa shape index (κ3) is 6.57. The molecule has 1 aromatic rings. The van der Waals surface area contributed by atoms with Crippen molar-refractivity contribution in [1.82, 2.24) is 10.6 Å². The molecule has 0 heterocycles. The molecule has 136 valence electrons. The summed E-state index contributed by atoms with van der Waals surface area (Å²) >= 11 is 0. The van der Waals surface area contributed by atoms with Crippen molar-refractivity contribution in [2.75, 3.05) is 13.2 Å². The van der Waals surface area contributed by atoms with Gasteiger partial charge in [0.1, 0.15) is 0 Å². The van der Waals surface area contributed by atoms with Crippen molar-refractivity contribution in [2.45, 2.75) is 51.5 Å². The van der Waals surface area contributed by atoms with Gasteiger partial charge in [0.25, 0.3) is 11.8 Å². The average molecular weight is 346 g/mol. The van der Waals surface area contributed by atoms with Gasteiger partial charge in [0.15, 0.2) is 6.61 Å². The lowest BCUT2D eigenvalue weighted by atomic mass is 9.87. The van der Waals surface area contributed by atoms with Gasteiger partial charge in [-0.15, -0.1) is 0 Å². The van der Waals surface area contributed by atoms with Crippen molar-refractivity contribution in [3.63, 3.8) is 0 Å². The summed E-state index contributed by atoms with van der Waals surface area (Å²) in [4.78, 5) is 35.0. The van der Waals surface area contributed by atoms with Crippen LogP contribution >= 0.6 is 0 Å². The Morgan fingerprint density at radius 1 is 1.12 bits per heavy atom. The fourth-order valence-corrected chi connectivity index (χ4v) is 2.22. The molecule has 0 bridgehead atoms. The van der Waals surface area contributed by atoms with Crippen LogP contribution in [0, 0.1) is 0 Å². The van der Waals surface area contributed by atoms with Gasteiger partial charge < -0.3 is 15.4 Å². The Morgan fingerprint density at radius 2 is 1.76 bits per heavy atom. The maximum atomic E-state index is 12.1. The van der Waals surface area contributed by atoms with E-state index in [1.54, 1.807) is 12.1 Å². The number of ether oxygens (including phenoxy) is 1. The quantitative estimate of drug-likeness (QED) is 0.739. The van der Waals surface area contributed by atoms with Crippen molar-refractivity contribution >= 4 is 17.8 Å². The minimum absolute atomic E-state index is 0.0303. The smallest absolute Gasteiger partial charge is 0.308 e. The lowest BCUT2D eigenvalue weighted by Crippen LogP contribution is -2.31. The van der Waals surface area contributed by atoms with Gasteiger partial charge in [0.2, 0.25) is 0 Å². The first kappa shape index (κ1) is 19.0. The first-order valence-electron chi connectivity index (χ1n) is 8.59. The zero-order valence-electron chi connectivity index (χ0n) is 15.1. The van der Waals surface area contributed by atoms with E-state index in [1.807, 2.05) is 12.1 Å². The molecule has 0 unspecified atom stereocenters. The normalized spacial score (nSPS) is 13.9. The van der Waals surface area contributed by atoms with Crippen LogP contribution in [-0.4, -0.2) is 37.0 Å². The molecular formula is C19H26N2O4. The zero-order valence-corrected chi connectivity index (χ0v) is 15.1. The highest BCUT2D eigenvalue weighted by atomic mass is 16.5. The van der Waals surface area contributed by atoms with E-state index in [4.69, 9.17) is 4.74 Å². The summed E-state index contributed by atoms with van der Waals surface area (Å²) in [5.41, 5.74) is 1.73. The van der Waals surface area contributed by atoms with Crippen LogP contribution in [0.3, 0.4) is 0 Å². The molecule has 0 spiro atoms. The number of hydrogen-bond acceptors (Lipinski definition) is 4. The molecule has 1 aliphatic rings. The minimum atomic E-state index is -0.505. The van der Waals surface area contributed by atoms with Gasteiger partial charge in [-0.1, -0.05) is 32.9 Å². The molecule has 2 amide bonds. The standard InChI is InChI=1S/C19H26N2O4/c1-19(2,3)14-6-4-13(5-7-14)18(24)20-11-10-17(23)25-12-16(22)21-15-8-9-15/h4-7,15H,8-12H2,1-3H3,(H,20,24)(H,21,22). The largest absolute Gasteiger partial charge is 0.456 e. The molecule has 0 atom stereocenters. The fraction of sp³-hybridized carbons (Fsp3) is 0.526. The second kappa shape index (κ2) is 8.14. The molecule has 2 N–H and O–H groups in total. The number of carbonyl (C=O) groups is 3. The molecule has 0 radical (unpaired) electrons.